The Kier molecular flexibility index (Phi) is 2.62. The van der Waals surface area contributed by atoms with Crippen molar-refractivity contribution in [1.82, 2.24) is 0 Å². The molecule has 0 aromatic rings. The van der Waals surface area contributed by atoms with Crippen LogP contribution in [0.15, 0.2) is 0 Å². The van der Waals surface area contributed by atoms with Gasteiger partial charge in [0.05, 0.1) is 0 Å². The van der Waals surface area contributed by atoms with E-state index < -0.39 is 10.0 Å². The summed E-state index contributed by atoms with van der Waals surface area (Å²) in [4.78, 5) is 0. The molecule has 0 aliphatic carbocycles. The molecule has 32 valence electrons. The Labute approximate surface area is 54.4 Å². The molecule has 0 radical (unpaired) electrons. The number of primary sulfonamides is 1. The van der Waals surface area contributed by atoms with Gasteiger partial charge in [0, 0.05) is 0 Å². The zero-order valence-corrected chi connectivity index (χ0v) is 6.33. The first kappa shape index (κ1) is 6.91. The monoisotopic (exact) mass is 117 g/mol. The maximum atomic E-state index is 9.81. The van der Waals surface area contributed by atoms with Gasteiger partial charge >= 0.3 is 54.5 Å². The molecule has 0 aliphatic rings. The molecule has 0 aromatic heterocycles. The molecular formula is CH4NNaO2S. The van der Waals surface area contributed by atoms with E-state index in [0.29, 0.717) is 27.9 Å². The van der Waals surface area contributed by atoms with Crippen molar-refractivity contribution in [2.45, 2.75) is 0 Å². The van der Waals surface area contributed by atoms with E-state index in [1.54, 1.807) is 0 Å². The van der Waals surface area contributed by atoms with Gasteiger partial charge in [-0.25, -0.2) is 0 Å². The van der Waals surface area contributed by atoms with Gasteiger partial charge in [0.2, 0.25) is 0 Å². The van der Waals surface area contributed by atoms with Crippen LogP contribution in [-0.4, -0.2) is 39.4 Å². The van der Waals surface area contributed by atoms with E-state index in [2.05, 4.69) is 5.14 Å². The van der Waals surface area contributed by atoms with Gasteiger partial charge in [0.15, 0.2) is 0 Å². The van der Waals surface area contributed by atoms with Crippen LogP contribution in [-0.2, 0) is 10.0 Å². The Bertz CT molecular complexity index is 116. The first-order valence-corrected chi connectivity index (χ1v) is 4.69. The Morgan fingerprint density at radius 1 is 1.67 bits per heavy atom. The Morgan fingerprint density at radius 2 is 1.83 bits per heavy atom. The predicted molar refractivity (Wildman–Crippen MR) is 23.7 cm³/mol. The molecule has 0 fully saturated rings. The van der Waals surface area contributed by atoms with Crippen molar-refractivity contribution in [2.75, 3.05) is 3.00 Å². The zero-order chi connectivity index (χ0) is 5.21. The molecule has 0 rings (SSSR count). The second-order valence-corrected chi connectivity index (χ2v) is 4.59. The maximum absolute atomic E-state index is 9.81. The third-order valence-electron chi connectivity index (χ3n) is 0.402. The summed E-state index contributed by atoms with van der Waals surface area (Å²) in [5, 5.41) is 4.54. The molecule has 0 aliphatic heterocycles. The Morgan fingerprint density at radius 3 is 1.83 bits per heavy atom. The molecule has 0 heterocycles. The van der Waals surface area contributed by atoms with Crippen LogP contribution >= 0.6 is 0 Å². The summed E-state index contributed by atoms with van der Waals surface area (Å²) >= 11 is 0.635. The molecule has 0 aromatic carbocycles. The summed E-state index contributed by atoms with van der Waals surface area (Å²) in [6.45, 7) is 0. The second kappa shape index (κ2) is 2.28. The van der Waals surface area contributed by atoms with Crippen LogP contribution in [0.5, 0.6) is 0 Å². The van der Waals surface area contributed by atoms with E-state index in [9.17, 15) is 8.42 Å². The zero-order valence-electron chi connectivity index (χ0n) is 3.51. The summed E-state index contributed by atoms with van der Waals surface area (Å²) in [5.41, 5.74) is 0. The van der Waals surface area contributed by atoms with Gasteiger partial charge in [0.1, 0.15) is 0 Å². The molecule has 3 nitrogen and oxygen atoms in total. The van der Waals surface area contributed by atoms with Gasteiger partial charge in [-0.3, -0.25) is 0 Å². The average Bonchev–Trinajstić information content (AvgIpc) is 1.35. The predicted octanol–water partition coefficient (Wildman–Crippen LogP) is -1.60. The molecule has 5 heteroatoms. The van der Waals surface area contributed by atoms with Gasteiger partial charge in [-0.05, 0) is 0 Å². The van der Waals surface area contributed by atoms with E-state index >= 15 is 0 Å². The number of sulfonamides is 1. The minimum atomic E-state index is -3.10. The summed E-state index contributed by atoms with van der Waals surface area (Å²) in [7, 11) is -3.10. The minimum absolute atomic E-state index is 0.160. The summed E-state index contributed by atoms with van der Waals surface area (Å²) in [5.74, 6) is 0. The van der Waals surface area contributed by atoms with Crippen LogP contribution in [0.4, 0.5) is 0 Å². The van der Waals surface area contributed by atoms with Gasteiger partial charge in [-0.1, -0.05) is 0 Å². The van der Waals surface area contributed by atoms with Crippen LogP contribution in [0.2, 0.25) is 0 Å². The number of rotatable bonds is 1. The molecular weight excluding hydrogens is 113 g/mol. The molecule has 0 atom stereocenters. The molecule has 0 saturated carbocycles. The average molecular weight is 117 g/mol. The van der Waals surface area contributed by atoms with Crippen molar-refractivity contribution in [3.05, 3.63) is 0 Å². The van der Waals surface area contributed by atoms with E-state index in [-0.39, 0.29) is 3.00 Å². The topological polar surface area (TPSA) is 60.2 Å². The molecule has 0 saturated heterocycles. The second-order valence-electron chi connectivity index (χ2n) is 0.952. The molecule has 2 N–H and O–H groups in total. The standard InChI is InChI=1S/CH4NO2S.Na/c1-5(2,3)4;/h1H2,(H2,2,3,4);. The molecule has 0 bridgehead atoms. The van der Waals surface area contributed by atoms with Crippen molar-refractivity contribution >= 4 is 38.0 Å². The molecule has 6 heavy (non-hydrogen) atoms. The van der Waals surface area contributed by atoms with E-state index in [0.717, 1.165) is 0 Å². The van der Waals surface area contributed by atoms with E-state index in [1.807, 2.05) is 0 Å². The normalized spacial score (nSPS) is 11.8. The molecule has 0 spiro atoms. The van der Waals surface area contributed by atoms with Gasteiger partial charge in [0.25, 0.3) is 0 Å². The summed E-state index contributed by atoms with van der Waals surface area (Å²) in [6.07, 6.45) is 0. The Hall–Kier alpha value is 0.910. The molecule has 0 unspecified atom stereocenters. The number of hydrogen-bond donors (Lipinski definition) is 1. The third kappa shape index (κ3) is 4.91. The number of nitrogens with two attached hydrogens (primary N) is 1. The van der Waals surface area contributed by atoms with Crippen molar-refractivity contribution in [3.63, 3.8) is 0 Å². The van der Waals surface area contributed by atoms with Crippen LogP contribution in [0, 0.1) is 0 Å². The van der Waals surface area contributed by atoms with Crippen molar-refractivity contribution < 1.29 is 8.42 Å². The van der Waals surface area contributed by atoms with E-state index in [1.165, 1.54) is 0 Å². The van der Waals surface area contributed by atoms with Crippen LogP contribution in [0.3, 0.4) is 0 Å². The third-order valence-corrected chi connectivity index (χ3v) is 3.62. The van der Waals surface area contributed by atoms with Crippen LogP contribution in [0.25, 0.3) is 0 Å². The van der Waals surface area contributed by atoms with Gasteiger partial charge in [-0.15, -0.1) is 0 Å². The fourth-order valence-corrected chi connectivity index (χ4v) is 0. The fourth-order valence-electron chi connectivity index (χ4n) is 0. The van der Waals surface area contributed by atoms with Crippen molar-refractivity contribution in [1.29, 1.82) is 0 Å². The SMILES string of the molecule is NS(=O)(=O)[CH2][Na]. The van der Waals surface area contributed by atoms with Crippen molar-refractivity contribution in [3.8, 4) is 0 Å². The first-order valence-electron chi connectivity index (χ1n) is 1.56. The summed E-state index contributed by atoms with van der Waals surface area (Å²) < 4.78 is 19.8. The van der Waals surface area contributed by atoms with Gasteiger partial charge in [-0.2, -0.15) is 0 Å². The van der Waals surface area contributed by atoms with Crippen LogP contribution in [0.1, 0.15) is 0 Å². The molecule has 0 amide bonds. The van der Waals surface area contributed by atoms with E-state index in [4.69, 9.17) is 0 Å². The van der Waals surface area contributed by atoms with Gasteiger partial charge < -0.3 is 0 Å². The van der Waals surface area contributed by atoms with Crippen LogP contribution < -0.4 is 5.14 Å². The summed E-state index contributed by atoms with van der Waals surface area (Å²) in [6, 6.07) is 0. The number of hydrogen-bond acceptors (Lipinski definition) is 2. The fraction of sp³-hybridized carbons (Fsp3) is 1.00. The first-order chi connectivity index (χ1) is 2.56. The Balaban J connectivity index is 3.85. The quantitative estimate of drug-likeness (QED) is 0.420. The van der Waals surface area contributed by atoms with Crippen molar-refractivity contribution in [2.24, 2.45) is 5.14 Å².